The fourth-order valence-electron chi connectivity index (χ4n) is 9.46. The number of nitrogens with zero attached hydrogens (tertiary/aromatic N) is 3. The summed E-state index contributed by atoms with van der Waals surface area (Å²) in [5.74, 6) is 0.677. The zero-order chi connectivity index (χ0) is 40.6. The van der Waals surface area contributed by atoms with Crippen LogP contribution in [-0.2, 0) is 37.8 Å². The molecular formula is C47H49N3O7Si. The van der Waals surface area contributed by atoms with E-state index in [1.54, 1.807) is 16.9 Å². The molecule has 5 aromatic rings. The Balaban J connectivity index is 1.13. The third kappa shape index (κ3) is 6.86. The molecule has 3 aliphatic heterocycles. The van der Waals surface area contributed by atoms with Crippen LogP contribution in [0.25, 0.3) is 0 Å². The maximum Gasteiger partial charge on any atom is 0.269 e. The van der Waals surface area contributed by atoms with E-state index in [4.69, 9.17) is 14.2 Å². The second kappa shape index (κ2) is 15.9. The number of benzene rings is 5. The second-order valence-corrected chi connectivity index (χ2v) is 20.6. The lowest BCUT2D eigenvalue weighted by Gasteiger charge is -2.37. The molecule has 1 N–H and O–H groups in total. The summed E-state index contributed by atoms with van der Waals surface area (Å²) >= 11 is 0. The molecule has 0 saturated carbocycles. The van der Waals surface area contributed by atoms with Crippen molar-refractivity contribution >= 4 is 48.0 Å². The van der Waals surface area contributed by atoms with E-state index in [-0.39, 0.29) is 61.9 Å². The Morgan fingerprint density at radius 1 is 0.862 bits per heavy atom. The van der Waals surface area contributed by atoms with Crippen LogP contribution in [-0.4, -0.2) is 68.8 Å². The van der Waals surface area contributed by atoms with E-state index < -0.39 is 19.8 Å². The Hall–Kier alpha value is -5.75. The molecule has 0 aliphatic carbocycles. The van der Waals surface area contributed by atoms with Crippen LogP contribution >= 0.6 is 0 Å². The van der Waals surface area contributed by atoms with Gasteiger partial charge in [0.2, 0.25) is 5.91 Å². The Morgan fingerprint density at radius 2 is 1.53 bits per heavy atom. The van der Waals surface area contributed by atoms with Crippen LogP contribution in [0.4, 0.5) is 17.1 Å². The SMILES string of the molecule is COc1ccc([Si](C)(C)[C@@H]2[C@@H](CC(=O)N(CCO)Cc3ccccc3)O[C@]3(C(=O)N(Cc4ccc(N5C(=O)COc6ccccc65)cc4)c4ccccc43)[C@H]2C)cc1. The molecule has 298 valence electrons. The lowest BCUT2D eigenvalue weighted by Crippen LogP contribution is -2.52. The summed E-state index contributed by atoms with van der Waals surface area (Å²) < 4.78 is 18.4. The second-order valence-electron chi connectivity index (χ2n) is 15.9. The van der Waals surface area contributed by atoms with Crippen molar-refractivity contribution in [3.05, 3.63) is 144 Å². The van der Waals surface area contributed by atoms with Gasteiger partial charge in [-0.1, -0.05) is 110 Å². The van der Waals surface area contributed by atoms with Gasteiger partial charge in [-0.25, -0.2) is 0 Å². The molecule has 0 unspecified atom stereocenters. The van der Waals surface area contributed by atoms with E-state index in [0.717, 1.165) is 28.1 Å². The molecule has 3 heterocycles. The summed E-state index contributed by atoms with van der Waals surface area (Å²) in [6.45, 7) is 7.34. The summed E-state index contributed by atoms with van der Waals surface area (Å²) in [4.78, 5) is 47.9. The number of aliphatic hydroxyl groups excluding tert-OH is 1. The molecule has 58 heavy (non-hydrogen) atoms. The molecule has 10 nitrogen and oxygen atoms in total. The number of para-hydroxylation sites is 3. The molecule has 5 aromatic carbocycles. The highest BCUT2D eigenvalue weighted by Gasteiger charge is 2.66. The Morgan fingerprint density at radius 3 is 2.24 bits per heavy atom. The van der Waals surface area contributed by atoms with Crippen molar-refractivity contribution in [3.63, 3.8) is 0 Å². The number of methoxy groups -OCH3 is 1. The van der Waals surface area contributed by atoms with Crippen molar-refractivity contribution in [1.29, 1.82) is 0 Å². The monoisotopic (exact) mass is 795 g/mol. The van der Waals surface area contributed by atoms with Gasteiger partial charge in [0.1, 0.15) is 11.5 Å². The molecule has 0 bridgehead atoms. The highest BCUT2D eigenvalue weighted by atomic mass is 28.3. The molecule has 1 fully saturated rings. The number of ether oxygens (including phenoxy) is 3. The number of amides is 3. The van der Waals surface area contributed by atoms with Crippen LogP contribution in [0.15, 0.2) is 127 Å². The molecule has 3 amide bonds. The third-order valence-corrected chi connectivity index (χ3v) is 16.7. The predicted molar refractivity (Wildman–Crippen MR) is 226 cm³/mol. The van der Waals surface area contributed by atoms with Gasteiger partial charge >= 0.3 is 0 Å². The molecule has 8 rings (SSSR count). The first-order chi connectivity index (χ1) is 28.1. The first-order valence-corrected chi connectivity index (χ1v) is 22.9. The molecule has 1 saturated heterocycles. The topological polar surface area (TPSA) is 109 Å². The van der Waals surface area contributed by atoms with Crippen LogP contribution in [0, 0.1) is 5.92 Å². The number of carbonyl (C=O) groups is 3. The van der Waals surface area contributed by atoms with Crippen molar-refractivity contribution < 1.29 is 33.7 Å². The van der Waals surface area contributed by atoms with Crippen molar-refractivity contribution in [2.75, 3.05) is 36.7 Å². The highest BCUT2D eigenvalue weighted by molar-refractivity contribution is 6.91. The average molecular weight is 796 g/mol. The van der Waals surface area contributed by atoms with E-state index in [1.165, 1.54) is 5.19 Å². The highest BCUT2D eigenvalue weighted by Crippen LogP contribution is 2.60. The van der Waals surface area contributed by atoms with Gasteiger partial charge in [-0.05, 0) is 59.1 Å². The standard InChI is InChI=1S/C47H49N3O7Si/c1-32-45(58(3,4)37-24-22-36(55-2)23-25-37)42(28-43(52)48(26-27-51)29-33-12-6-5-7-13-33)57-47(32)38-14-8-9-15-39(38)49(46(47)54)30-34-18-20-35(21-19-34)50-40-16-10-11-17-41(40)56-31-44(50)53/h5-25,32,42,45,51H,26-31H2,1-4H3/t32-,42+,45-,47+/m0/s1. The van der Waals surface area contributed by atoms with Crippen molar-refractivity contribution in [2.45, 2.75) is 56.8 Å². The van der Waals surface area contributed by atoms with Crippen LogP contribution < -0.4 is 24.5 Å². The fraction of sp³-hybridized carbons (Fsp3) is 0.298. The zero-order valence-corrected chi connectivity index (χ0v) is 34.3. The minimum Gasteiger partial charge on any atom is -0.497 e. The fourth-order valence-corrected chi connectivity index (χ4v) is 13.5. The number of rotatable bonds is 12. The normalized spacial score (nSPS) is 21.2. The van der Waals surface area contributed by atoms with Crippen LogP contribution in [0.2, 0.25) is 18.6 Å². The van der Waals surface area contributed by atoms with Gasteiger partial charge in [0.05, 0.1) is 52.2 Å². The Labute approximate surface area is 340 Å². The van der Waals surface area contributed by atoms with E-state index in [2.05, 4.69) is 32.2 Å². The van der Waals surface area contributed by atoms with E-state index in [9.17, 15) is 14.7 Å². The smallest absolute Gasteiger partial charge is 0.269 e. The maximum atomic E-state index is 15.3. The summed E-state index contributed by atoms with van der Waals surface area (Å²) in [5, 5.41) is 11.2. The van der Waals surface area contributed by atoms with Gasteiger partial charge in [0, 0.05) is 30.3 Å². The number of hydrogen-bond acceptors (Lipinski definition) is 7. The third-order valence-electron chi connectivity index (χ3n) is 12.3. The number of aliphatic hydroxyl groups is 1. The van der Waals surface area contributed by atoms with Crippen LogP contribution in [0.5, 0.6) is 11.5 Å². The summed E-state index contributed by atoms with van der Waals surface area (Å²) in [7, 11) is -0.860. The maximum absolute atomic E-state index is 15.3. The quantitative estimate of drug-likeness (QED) is 0.137. The number of hydrogen-bond donors (Lipinski definition) is 1. The Bertz CT molecular complexity index is 2300. The lowest BCUT2D eigenvalue weighted by atomic mass is 9.82. The molecule has 3 aliphatic rings. The minimum atomic E-state index is -2.51. The summed E-state index contributed by atoms with van der Waals surface area (Å²) in [6, 6.07) is 41.0. The zero-order valence-electron chi connectivity index (χ0n) is 33.3. The number of anilines is 3. The first kappa shape index (κ1) is 39.1. The van der Waals surface area contributed by atoms with Gasteiger partial charge in [-0.15, -0.1) is 0 Å². The number of carbonyl (C=O) groups excluding carboxylic acids is 3. The van der Waals surface area contributed by atoms with E-state index >= 15 is 4.79 Å². The molecular weight excluding hydrogens is 747 g/mol. The lowest BCUT2D eigenvalue weighted by molar-refractivity contribution is -0.150. The van der Waals surface area contributed by atoms with E-state index in [0.29, 0.717) is 23.7 Å². The minimum absolute atomic E-state index is 0.0453. The molecule has 1 spiro atoms. The van der Waals surface area contributed by atoms with Gasteiger partial charge in [-0.3, -0.25) is 19.3 Å². The summed E-state index contributed by atoms with van der Waals surface area (Å²) in [5.41, 5.74) is 3.38. The first-order valence-electron chi connectivity index (χ1n) is 19.9. The molecule has 11 heteroatoms. The van der Waals surface area contributed by atoms with E-state index in [1.807, 2.05) is 120 Å². The van der Waals surface area contributed by atoms with Gasteiger partial charge < -0.3 is 29.1 Å². The average Bonchev–Trinajstić information content (AvgIpc) is 3.67. The molecule has 4 atom stereocenters. The van der Waals surface area contributed by atoms with Crippen LogP contribution in [0.3, 0.4) is 0 Å². The van der Waals surface area contributed by atoms with Gasteiger partial charge in [0.25, 0.3) is 11.8 Å². The van der Waals surface area contributed by atoms with Crippen molar-refractivity contribution in [3.8, 4) is 11.5 Å². The van der Waals surface area contributed by atoms with Gasteiger partial charge in [-0.2, -0.15) is 0 Å². The summed E-state index contributed by atoms with van der Waals surface area (Å²) in [6.07, 6.45) is -0.510. The van der Waals surface area contributed by atoms with Gasteiger partial charge in [0.15, 0.2) is 12.2 Å². The molecule has 0 radical (unpaired) electrons. The largest absolute Gasteiger partial charge is 0.497 e. The predicted octanol–water partition coefficient (Wildman–Crippen LogP) is 6.93. The number of fused-ring (bicyclic) bond motifs is 3. The van der Waals surface area contributed by atoms with Crippen molar-refractivity contribution in [1.82, 2.24) is 4.90 Å². The van der Waals surface area contributed by atoms with Crippen LogP contribution in [0.1, 0.15) is 30.0 Å². The Kier molecular flexibility index (Phi) is 10.7. The van der Waals surface area contributed by atoms with Crippen molar-refractivity contribution in [2.24, 2.45) is 5.92 Å². The molecule has 0 aromatic heterocycles.